The van der Waals surface area contributed by atoms with Crippen LogP contribution in [-0.4, -0.2) is 40.2 Å². The Morgan fingerprint density at radius 3 is 2.96 bits per heavy atom. The molecule has 0 saturated carbocycles. The van der Waals surface area contributed by atoms with E-state index in [-0.39, 0.29) is 18.4 Å². The number of carbonyl (C=O) groups is 1. The molecule has 0 bridgehead atoms. The van der Waals surface area contributed by atoms with Crippen LogP contribution in [0, 0.1) is 13.8 Å². The molecule has 7 heteroatoms. The van der Waals surface area contributed by atoms with E-state index in [2.05, 4.69) is 10.1 Å². The van der Waals surface area contributed by atoms with Crippen LogP contribution in [0.3, 0.4) is 0 Å². The molecule has 3 rings (SSSR count). The second kappa shape index (κ2) is 7.23. The van der Waals surface area contributed by atoms with Crippen molar-refractivity contribution in [2.75, 3.05) is 13.2 Å². The zero-order valence-electron chi connectivity index (χ0n) is 13.4. The molecule has 0 spiro atoms. The molecule has 1 aliphatic heterocycles. The van der Waals surface area contributed by atoms with E-state index in [1.54, 1.807) is 17.4 Å². The largest absolute Gasteiger partial charge is 0.376 e. The molecule has 124 valence electrons. The molecule has 1 amide bonds. The monoisotopic (exact) mass is 335 g/mol. The minimum Gasteiger partial charge on any atom is -0.376 e. The SMILES string of the molecule is Cc1csc(CN(CC2CCCO2)C(=O)Cc2cc(C)on2)n1. The average Bonchev–Trinajstić information content (AvgIpc) is 3.23. The number of hydrogen-bond acceptors (Lipinski definition) is 6. The predicted molar refractivity (Wildman–Crippen MR) is 86.2 cm³/mol. The highest BCUT2D eigenvalue weighted by molar-refractivity contribution is 7.09. The van der Waals surface area contributed by atoms with Crippen LogP contribution in [0.5, 0.6) is 0 Å². The van der Waals surface area contributed by atoms with E-state index in [0.29, 0.717) is 24.5 Å². The normalized spacial score (nSPS) is 17.6. The Hall–Kier alpha value is -1.73. The summed E-state index contributed by atoms with van der Waals surface area (Å²) in [5.74, 6) is 0.746. The van der Waals surface area contributed by atoms with Gasteiger partial charge in [0.15, 0.2) is 0 Å². The molecule has 0 N–H and O–H groups in total. The van der Waals surface area contributed by atoms with Gasteiger partial charge in [-0.1, -0.05) is 5.16 Å². The van der Waals surface area contributed by atoms with Gasteiger partial charge in [0, 0.05) is 30.3 Å². The summed E-state index contributed by atoms with van der Waals surface area (Å²) in [5.41, 5.74) is 1.65. The second-order valence-electron chi connectivity index (χ2n) is 5.90. The molecule has 1 atom stereocenters. The van der Waals surface area contributed by atoms with Crippen molar-refractivity contribution in [3.8, 4) is 0 Å². The molecule has 2 aromatic rings. The highest BCUT2D eigenvalue weighted by atomic mass is 32.1. The fraction of sp³-hybridized carbons (Fsp3) is 0.562. The molecule has 1 aliphatic rings. The number of amides is 1. The lowest BCUT2D eigenvalue weighted by Gasteiger charge is -2.24. The first-order chi connectivity index (χ1) is 11.1. The molecule has 0 aromatic carbocycles. The molecule has 0 aliphatic carbocycles. The lowest BCUT2D eigenvalue weighted by Crippen LogP contribution is -2.37. The average molecular weight is 335 g/mol. The molecule has 1 unspecified atom stereocenters. The fourth-order valence-corrected chi connectivity index (χ4v) is 3.48. The topological polar surface area (TPSA) is 68.5 Å². The summed E-state index contributed by atoms with van der Waals surface area (Å²) in [5, 5.41) is 6.87. The summed E-state index contributed by atoms with van der Waals surface area (Å²) in [6.45, 7) is 5.70. The summed E-state index contributed by atoms with van der Waals surface area (Å²) < 4.78 is 10.7. The van der Waals surface area contributed by atoms with Crippen LogP contribution < -0.4 is 0 Å². The van der Waals surface area contributed by atoms with Gasteiger partial charge in [-0.15, -0.1) is 11.3 Å². The summed E-state index contributed by atoms with van der Waals surface area (Å²) in [6, 6.07) is 1.80. The summed E-state index contributed by atoms with van der Waals surface area (Å²) in [6.07, 6.45) is 2.43. The smallest absolute Gasteiger partial charge is 0.229 e. The van der Waals surface area contributed by atoms with Gasteiger partial charge in [0.25, 0.3) is 0 Å². The van der Waals surface area contributed by atoms with Gasteiger partial charge in [-0.05, 0) is 26.7 Å². The van der Waals surface area contributed by atoms with E-state index in [0.717, 1.165) is 30.2 Å². The number of aromatic nitrogens is 2. The van der Waals surface area contributed by atoms with E-state index in [4.69, 9.17) is 9.26 Å². The summed E-state index contributed by atoms with van der Waals surface area (Å²) in [4.78, 5) is 19.0. The van der Waals surface area contributed by atoms with Gasteiger partial charge in [0.05, 0.1) is 24.8 Å². The highest BCUT2D eigenvalue weighted by Crippen LogP contribution is 2.18. The second-order valence-corrected chi connectivity index (χ2v) is 6.84. The quantitative estimate of drug-likeness (QED) is 0.811. The van der Waals surface area contributed by atoms with E-state index < -0.39 is 0 Å². The zero-order chi connectivity index (χ0) is 16.2. The van der Waals surface area contributed by atoms with Gasteiger partial charge in [0.2, 0.25) is 5.91 Å². The van der Waals surface area contributed by atoms with Crippen molar-refractivity contribution < 1.29 is 14.1 Å². The van der Waals surface area contributed by atoms with Gasteiger partial charge < -0.3 is 14.2 Å². The van der Waals surface area contributed by atoms with Gasteiger partial charge in [-0.25, -0.2) is 4.98 Å². The Morgan fingerprint density at radius 2 is 2.35 bits per heavy atom. The number of carbonyl (C=O) groups excluding carboxylic acids is 1. The van der Waals surface area contributed by atoms with Crippen LogP contribution in [0.2, 0.25) is 0 Å². The fourth-order valence-electron chi connectivity index (χ4n) is 2.70. The molecule has 6 nitrogen and oxygen atoms in total. The Bertz CT molecular complexity index is 661. The first kappa shape index (κ1) is 16.1. The maximum absolute atomic E-state index is 12.7. The van der Waals surface area contributed by atoms with Crippen molar-refractivity contribution in [3.63, 3.8) is 0 Å². The Labute approximate surface area is 139 Å². The molecule has 3 heterocycles. The lowest BCUT2D eigenvalue weighted by molar-refractivity contribution is -0.132. The van der Waals surface area contributed by atoms with E-state index in [1.807, 2.05) is 24.1 Å². The number of ether oxygens (including phenoxy) is 1. The Balaban J connectivity index is 1.68. The van der Waals surface area contributed by atoms with E-state index >= 15 is 0 Å². The minimum absolute atomic E-state index is 0.0293. The van der Waals surface area contributed by atoms with Gasteiger partial charge in [-0.3, -0.25) is 4.79 Å². The summed E-state index contributed by atoms with van der Waals surface area (Å²) in [7, 11) is 0. The third-order valence-corrected chi connectivity index (χ3v) is 4.75. The molecule has 23 heavy (non-hydrogen) atoms. The highest BCUT2D eigenvalue weighted by Gasteiger charge is 2.24. The number of thiazole rings is 1. The van der Waals surface area contributed by atoms with Crippen LogP contribution in [0.4, 0.5) is 0 Å². The van der Waals surface area contributed by atoms with Crippen molar-refractivity contribution >= 4 is 17.2 Å². The predicted octanol–water partition coefficient (Wildman–Crippen LogP) is 2.50. The van der Waals surface area contributed by atoms with Crippen LogP contribution in [0.25, 0.3) is 0 Å². The minimum atomic E-state index is 0.0293. The Kier molecular flexibility index (Phi) is 5.07. The molecule has 1 saturated heterocycles. The van der Waals surface area contributed by atoms with Crippen LogP contribution >= 0.6 is 11.3 Å². The van der Waals surface area contributed by atoms with Gasteiger partial charge >= 0.3 is 0 Å². The maximum atomic E-state index is 12.7. The number of hydrogen-bond donors (Lipinski definition) is 0. The number of rotatable bonds is 6. The van der Waals surface area contributed by atoms with Crippen molar-refractivity contribution in [2.24, 2.45) is 0 Å². The van der Waals surface area contributed by atoms with E-state index in [9.17, 15) is 4.79 Å². The van der Waals surface area contributed by atoms with Crippen molar-refractivity contribution in [3.05, 3.63) is 33.6 Å². The van der Waals surface area contributed by atoms with Crippen molar-refractivity contribution in [1.82, 2.24) is 15.0 Å². The summed E-state index contributed by atoms with van der Waals surface area (Å²) >= 11 is 1.58. The van der Waals surface area contributed by atoms with Crippen LogP contribution in [-0.2, 0) is 22.5 Å². The third kappa shape index (κ3) is 4.39. The molecule has 0 radical (unpaired) electrons. The third-order valence-electron chi connectivity index (χ3n) is 3.80. The van der Waals surface area contributed by atoms with Crippen LogP contribution in [0.1, 0.15) is 35.0 Å². The molecule has 1 fully saturated rings. The first-order valence-electron chi connectivity index (χ1n) is 7.83. The first-order valence-corrected chi connectivity index (χ1v) is 8.70. The van der Waals surface area contributed by atoms with Crippen molar-refractivity contribution in [1.29, 1.82) is 0 Å². The standard InChI is InChI=1S/C16H21N3O3S/c1-11-10-23-15(17-11)9-19(8-14-4-3-5-21-14)16(20)7-13-6-12(2)22-18-13/h6,10,14H,3-5,7-9H2,1-2H3. The number of nitrogens with zero attached hydrogens (tertiary/aromatic N) is 3. The van der Waals surface area contributed by atoms with Crippen LogP contribution in [0.15, 0.2) is 16.0 Å². The van der Waals surface area contributed by atoms with Gasteiger partial charge in [-0.2, -0.15) is 0 Å². The molecular formula is C16H21N3O3S. The zero-order valence-corrected chi connectivity index (χ0v) is 14.3. The number of aryl methyl sites for hydroxylation is 2. The molecular weight excluding hydrogens is 314 g/mol. The lowest BCUT2D eigenvalue weighted by atomic mass is 10.2. The van der Waals surface area contributed by atoms with E-state index in [1.165, 1.54) is 0 Å². The van der Waals surface area contributed by atoms with Gasteiger partial charge in [0.1, 0.15) is 10.8 Å². The Morgan fingerprint density at radius 1 is 1.48 bits per heavy atom. The maximum Gasteiger partial charge on any atom is 0.229 e. The van der Waals surface area contributed by atoms with Crippen molar-refractivity contribution in [2.45, 2.75) is 45.8 Å². The molecule has 2 aromatic heterocycles.